The lowest BCUT2D eigenvalue weighted by Crippen LogP contribution is -2.45. The van der Waals surface area contributed by atoms with Crippen molar-refractivity contribution in [3.63, 3.8) is 0 Å². The van der Waals surface area contributed by atoms with Crippen LogP contribution in [0.3, 0.4) is 0 Å². The van der Waals surface area contributed by atoms with Gasteiger partial charge < -0.3 is 4.52 Å². The first-order chi connectivity index (χ1) is 8.90. The van der Waals surface area contributed by atoms with Crippen LogP contribution in [0.4, 0.5) is 0 Å². The fraction of sp³-hybridized carbons (Fsp3) is 0.750. The molecule has 1 aromatic rings. The smallest absolute Gasteiger partial charge is 0.279 e. The normalized spacial score (nSPS) is 21.7. The van der Waals surface area contributed by atoms with Crippen LogP contribution in [0.15, 0.2) is 4.52 Å². The number of aryl methyl sites for hydroxylation is 2. The first-order valence-electron chi connectivity index (χ1n) is 6.56. The van der Waals surface area contributed by atoms with Crippen LogP contribution in [0, 0.1) is 19.8 Å². The fourth-order valence-electron chi connectivity index (χ4n) is 2.37. The fourth-order valence-corrected chi connectivity index (χ4v) is 3.70. The molecule has 1 fully saturated rings. The Morgan fingerprint density at radius 3 is 2.79 bits per heavy atom. The van der Waals surface area contributed by atoms with E-state index < -0.39 is 10.2 Å². The molecule has 19 heavy (non-hydrogen) atoms. The van der Waals surface area contributed by atoms with Gasteiger partial charge in [-0.15, -0.1) is 0 Å². The van der Waals surface area contributed by atoms with Crippen LogP contribution in [0.1, 0.15) is 36.8 Å². The van der Waals surface area contributed by atoms with E-state index in [0.717, 1.165) is 24.1 Å². The van der Waals surface area contributed by atoms with Crippen molar-refractivity contribution in [3.8, 4) is 0 Å². The molecule has 1 aliphatic heterocycles. The third-order valence-electron chi connectivity index (χ3n) is 3.57. The second kappa shape index (κ2) is 5.60. The molecule has 0 saturated carbocycles. The van der Waals surface area contributed by atoms with Gasteiger partial charge in [0.25, 0.3) is 10.2 Å². The van der Waals surface area contributed by atoms with Gasteiger partial charge in [-0.25, -0.2) is 0 Å². The Morgan fingerprint density at radius 2 is 2.21 bits per heavy atom. The Morgan fingerprint density at radius 1 is 1.47 bits per heavy atom. The summed E-state index contributed by atoms with van der Waals surface area (Å²) in [5, 5.41) is 3.82. The monoisotopic (exact) mass is 287 g/mol. The lowest BCUT2D eigenvalue weighted by atomic mass is 10.0. The molecule has 1 saturated heterocycles. The quantitative estimate of drug-likeness (QED) is 0.907. The zero-order chi connectivity index (χ0) is 14.0. The van der Waals surface area contributed by atoms with Gasteiger partial charge in [-0.05, 0) is 32.6 Å². The number of hydrogen-bond acceptors (Lipinski definition) is 4. The molecule has 1 aliphatic rings. The van der Waals surface area contributed by atoms with Crippen LogP contribution in [-0.2, 0) is 16.8 Å². The highest BCUT2D eigenvalue weighted by Crippen LogP contribution is 2.18. The molecule has 1 aromatic heterocycles. The number of nitrogens with one attached hydrogen (secondary N) is 1. The number of hydrogen-bond donors (Lipinski definition) is 1. The van der Waals surface area contributed by atoms with E-state index in [1.165, 1.54) is 4.31 Å². The maximum atomic E-state index is 12.2. The largest absolute Gasteiger partial charge is 0.361 e. The highest BCUT2D eigenvalue weighted by atomic mass is 32.2. The summed E-state index contributed by atoms with van der Waals surface area (Å²) < 4.78 is 33.6. The third-order valence-corrected chi connectivity index (χ3v) is 5.09. The minimum Gasteiger partial charge on any atom is -0.361 e. The molecular weight excluding hydrogens is 266 g/mol. The zero-order valence-corrected chi connectivity index (χ0v) is 12.5. The average molecular weight is 287 g/mol. The molecule has 1 unspecified atom stereocenters. The van der Waals surface area contributed by atoms with Gasteiger partial charge in [-0.1, -0.05) is 12.1 Å². The number of piperidine rings is 1. The van der Waals surface area contributed by atoms with Gasteiger partial charge in [0.2, 0.25) is 0 Å². The minimum atomic E-state index is -3.41. The molecule has 0 amide bonds. The third kappa shape index (κ3) is 3.34. The lowest BCUT2D eigenvalue weighted by Gasteiger charge is -2.29. The van der Waals surface area contributed by atoms with Gasteiger partial charge in [0.15, 0.2) is 0 Å². The van der Waals surface area contributed by atoms with Crippen LogP contribution >= 0.6 is 0 Å². The van der Waals surface area contributed by atoms with E-state index in [4.69, 9.17) is 4.52 Å². The SMILES string of the molecule is Cc1noc(C)c1CNS(=O)(=O)N1CCCC(C)C1. The van der Waals surface area contributed by atoms with Crippen molar-refractivity contribution in [2.24, 2.45) is 5.92 Å². The van der Waals surface area contributed by atoms with Crippen LogP contribution in [0.2, 0.25) is 0 Å². The molecule has 2 heterocycles. The van der Waals surface area contributed by atoms with Crippen molar-refractivity contribution >= 4 is 10.2 Å². The number of aromatic nitrogens is 1. The van der Waals surface area contributed by atoms with E-state index >= 15 is 0 Å². The zero-order valence-electron chi connectivity index (χ0n) is 11.6. The number of nitrogens with zero attached hydrogens (tertiary/aromatic N) is 2. The summed E-state index contributed by atoms with van der Waals surface area (Å²) in [4.78, 5) is 0. The van der Waals surface area contributed by atoms with E-state index in [0.29, 0.717) is 24.8 Å². The average Bonchev–Trinajstić information content (AvgIpc) is 2.67. The summed E-state index contributed by atoms with van der Waals surface area (Å²) in [6.45, 7) is 7.10. The summed E-state index contributed by atoms with van der Waals surface area (Å²) in [5.41, 5.74) is 1.54. The number of rotatable bonds is 4. The second-order valence-corrected chi connectivity index (χ2v) is 6.99. The van der Waals surface area contributed by atoms with Crippen LogP contribution < -0.4 is 4.72 Å². The summed E-state index contributed by atoms with van der Waals surface area (Å²) >= 11 is 0. The van der Waals surface area contributed by atoms with Crippen molar-refractivity contribution in [2.45, 2.75) is 40.2 Å². The minimum absolute atomic E-state index is 0.231. The molecule has 0 bridgehead atoms. The molecule has 108 valence electrons. The van der Waals surface area contributed by atoms with Gasteiger partial charge in [-0.3, -0.25) is 0 Å². The predicted octanol–water partition coefficient (Wildman–Crippen LogP) is 1.36. The summed E-state index contributed by atoms with van der Waals surface area (Å²) in [6.07, 6.45) is 2.02. The van der Waals surface area contributed by atoms with Gasteiger partial charge >= 0.3 is 0 Å². The van der Waals surface area contributed by atoms with Crippen molar-refractivity contribution < 1.29 is 12.9 Å². The van der Waals surface area contributed by atoms with Gasteiger partial charge in [-0.2, -0.15) is 17.4 Å². The molecule has 0 aliphatic carbocycles. The summed E-state index contributed by atoms with van der Waals surface area (Å²) in [7, 11) is -3.41. The molecule has 1 N–H and O–H groups in total. The molecule has 6 nitrogen and oxygen atoms in total. The van der Waals surface area contributed by atoms with Gasteiger partial charge in [0, 0.05) is 25.2 Å². The Bertz CT molecular complexity index is 519. The highest BCUT2D eigenvalue weighted by molar-refractivity contribution is 7.87. The summed E-state index contributed by atoms with van der Waals surface area (Å²) in [5.74, 6) is 1.08. The standard InChI is InChI=1S/C12H21N3O3S/c1-9-5-4-6-15(8-9)19(16,17)13-7-12-10(2)14-18-11(12)3/h9,13H,4-8H2,1-3H3. The predicted molar refractivity (Wildman–Crippen MR) is 71.7 cm³/mol. The molecule has 0 radical (unpaired) electrons. The van der Waals surface area contributed by atoms with Crippen molar-refractivity contribution in [3.05, 3.63) is 17.0 Å². The van der Waals surface area contributed by atoms with Crippen LogP contribution in [-0.4, -0.2) is 31.0 Å². The molecule has 0 spiro atoms. The van der Waals surface area contributed by atoms with Crippen molar-refractivity contribution in [1.29, 1.82) is 0 Å². The first kappa shape index (κ1) is 14.5. The first-order valence-corrected chi connectivity index (χ1v) is 8.00. The maximum absolute atomic E-state index is 12.2. The molecule has 2 rings (SSSR count). The van der Waals surface area contributed by atoms with Crippen LogP contribution in [0.5, 0.6) is 0 Å². The lowest BCUT2D eigenvalue weighted by molar-refractivity contribution is 0.278. The van der Waals surface area contributed by atoms with Crippen molar-refractivity contribution in [2.75, 3.05) is 13.1 Å². The molecule has 7 heteroatoms. The van der Waals surface area contributed by atoms with E-state index in [1.807, 2.05) is 6.92 Å². The summed E-state index contributed by atoms with van der Waals surface area (Å²) in [6, 6.07) is 0. The van der Waals surface area contributed by atoms with E-state index in [1.54, 1.807) is 6.92 Å². The molecule has 1 atom stereocenters. The Labute approximate surface area is 114 Å². The van der Waals surface area contributed by atoms with Crippen molar-refractivity contribution in [1.82, 2.24) is 14.2 Å². The maximum Gasteiger partial charge on any atom is 0.279 e. The topological polar surface area (TPSA) is 75.4 Å². The molecular formula is C12H21N3O3S. The highest BCUT2D eigenvalue weighted by Gasteiger charge is 2.27. The Kier molecular flexibility index (Phi) is 4.27. The van der Waals surface area contributed by atoms with Gasteiger partial charge in [0.1, 0.15) is 5.76 Å². The Hall–Kier alpha value is -0.920. The van der Waals surface area contributed by atoms with Gasteiger partial charge in [0.05, 0.1) is 5.69 Å². The van der Waals surface area contributed by atoms with E-state index in [9.17, 15) is 8.42 Å². The van der Waals surface area contributed by atoms with E-state index in [2.05, 4.69) is 16.8 Å². The second-order valence-electron chi connectivity index (χ2n) is 5.23. The van der Waals surface area contributed by atoms with E-state index in [-0.39, 0.29) is 6.54 Å². The molecule has 0 aromatic carbocycles. The Balaban J connectivity index is 2.01. The van der Waals surface area contributed by atoms with Crippen LogP contribution in [0.25, 0.3) is 0 Å².